The first-order chi connectivity index (χ1) is 11.5. The summed E-state index contributed by atoms with van der Waals surface area (Å²) in [5, 5.41) is 3.18. The number of carbonyl (C=O) groups is 1. The van der Waals surface area contributed by atoms with E-state index in [0.29, 0.717) is 6.04 Å². The van der Waals surface area contributed by atoms with Crippen LogP contribution in [0.3, 0.4) is 0 Å². The number of aromatic nitrogens is 1. The van der Waals surface area contributed by atoms with E-state index in [9.17, 15) is 4.79 Å². The van der Waals surface area contributed by atoms with Crippen LogP contribution in [0, 0.1) is 13.8 Å². The number of halogens is 1. The number of nitrogens with zero attached hydrogens (tertiary/aromatic N) is 1. The van der Waals surface area contributed by atoms with Crippen LogP contribution in [0.15, 0.2) is 34.8 Å². The predicted molar refractivity (Wildman–Crippen MR) is 101 cm³/mol. The molecule has 1 aliphatic carbocycles. The zero-order valence-electron chi connectivity index (χ0n) is 14.2. The standard InChI is InChI=1S/C19H24BrN3O/c1-12-11-16(19(24)22-15-9-7-14(21)8-10-15)13(2)23(12)18-6-4-3-5-17(18)20/h3-6,11,14-15H,7-10,21H2,1-2H3,(H,22,24). The Hall–Kier alpha value is -1.59. The summed E-state index contributed by atoms with van der Waals surface area (Å²) in [4.78, 5) is 12.7. The summed E-state index contributed by atoms with van der Waals surface area (Å²) >= 11 is 3.60. The van der Waals surface area contributed by atoms with E-state index in [-0.39, 0.29) is 11.9 Å². The Morgan fingerprint density at radius 1 is 1.21 bits per heavy atom. The molecule has 4 nitrogen and oxygen atoms in total. The molecule has 0 spiro atoms. The zero-order valence-corrected chi connectivity index (χ0v) is 15.8. The van der Waals surface area contributed by atoms with Crippen molar-refractivity contribution in [2.45, 2.75) is 51.6 Å². The van der Waals surface area contributed by atoms with Crippen molar-refractivity contribution >= 4 is 21.8 Å². The Morgan fingerprint density at radius 2 is 1.88 bits per heavy atom. The van der Waals surface area contributed by atoms with Gasteiger partial charge in [-0.3, -0.25) is 4.79 Å². The summed E-state index contributed by atoms with van der Waals surface area (Å²) in [5.74, 6) is 0.0156. The number of rotatable bonds is 3. The molecule has 1 saturated carbocycles. The Balaban J connectivity index is 1.84. The van der Waals surface area contributed by atoms with Crippen LogP contribution in [0.5, 0.6) is 0 Å². The normalized spacial score (nSPS) is 20.8. The second-order valence-corrected chi connectivity index (χ2v) is 7.51. The highest BCUT2D eigenvalue weighted by Gasteiger charge is 2.23. The van der Waals surface area contributed by atoms with Gasteiger partial charge < -0.3 is 15.6 Å². The van der Waals surface area contributed by atoms with Crippen LogP contribution in [0.25, 0.3) is 5.69 Å². The second kappa shape index (κ2) is 7.11. The van der Waals surface area contributed by atoms with Gasteiger partial charge in [0.25, 0.3) is 5.91 Å². The lowest BCUT2D eigenvalue weighted by Gasteiger charge is -2.26. The van der Waals surface area contributed by atoms with Crippen molar-refractivity contribution in [3.63, 3.8) is 0 Å². The average molecular weight is 390 g/mol. The Labute approximate surface area is 151 Å². The largest absolute Gasteiger partial charge is 0.349 e. The quantitative estimate of drug-likeness (QED) is 0.836. The maximum atomic E-state index is 12.7. The molecule has 1 amide bonds. The number of nitrogens with one attached hydrogen (secondary N) is 1. The van der Waals surface area contributed by atoms with Gasteiger partial charge in [-0.05, 0) is 73.7 Å². The van der Waals surface area contributed by atoms with E-state index in [0.717, 1.165) is 52.8 Å². The van der Waals surface area contributed by atoms with E-state index in [1.54, 1.807) is 0 Å². The molecule has 1 aromatic heterocycles. The number of hydrogen-bond donors (Lipinski definition) is 2. The van der Waals surface area contributed by atoms with Crippen LogP contribution in [-0.2, 0) is 0 Å². The van der Waals surface area contributed by atoms with Crippen LogP contribution in [0.1, 0.15) is 47.4 Å². The third-order valence-corrected chi connectivity index (χ3v) is 5.55. The summed E-state index contributed by atoms with van der Waals surface area (Å²) in [7, 11) is 0. The number of carbonyl (C=O) groups excluding carboxylic acids is 1. The third kappa shape index (κ3) is 3.42. The number of aryl methyl sites for hydroxylation is 1. The van der Waals surface area contributed by atoms with Crippen molar-refractivity contribution in [3.05, 3.63) is 51.8 Å². The number of nitrogens with two attached hydrogens (primary N) is 1. The molecular weight excluding hydrogens is 366 g/mol. The Kier molecular flexibility index (Phi) is 5.11. The van der Waals surface area contributed by atoms with Crippen LogP contribution in [0.2, 0.25) is 0 Å². The SMILES string of the molecule is Cc1cc(C(=O)NC2CCC(N)CC2)c(C)n1-c1ccccc1Br. The molecule has 1 aromatic carbocycles. The molecule has 0 aliphatic heterocycles. The molecule has 0 radical (unpaired) electrons. The highest BCUT2D eigenvalue weighted by molar-refractivity contribution is 9.10. The predicted octanol–water partition coefficient (Wildman–Crippen LogP) is 3.86. The van der Waals surface area contributed by atoms with E-state index >= 15 is 0 Å². The van der Waals surface area contributed by atoms with Crippen molar-refractivity contribution in [3.8, 4) is 5.69 Å². The first-order valence-corrected chi connectivity index (χ1v) is 9.27. The van der Waals surface area contributed by atoms with E-state index in [1.807, 2.05) is 44.2 Å². The summed E-state index contributed by atoms with van der Waals surface area (Å²) in [6.07, 6.45) is 3.91. The summed E-state index contributed by atoms with van der Waals surface area (Å²) in [5.41, 5.74) is 9.76. The summed E-state index contributed by atoms with van der Waals surface area (Å²) in [6.45, 7) is 4.03. The van der Waals surface area contributed by atoms with E-state index in [4.69, 9.17) is 5.73 Å². The molecule has 128 valence electrons. The van der Waals surface area contributed by atoms with Gasteiger partial charge in [-0.25, -0.2) is 0 Å². The van der Waals surface area contributed by atoms with E-state index in [1.165, 1.54) is 0 Å². The van der Waals surface area contributed by atoms with Crippen molar-refractivity contribution in [2.75, 3.05) is 0 Å². The van der Waals surface area contributed by atoms with Gasteiger partial charge in [0.05, 0.1) is 11.3 Å². The van der Waals surface area contributed by atoms with Crippen LogP contribution in [-0.4, -0.2) is 22.6 Å². The third-order valence-electron chi connectivity index (χ3n) is 4.88. The minimum absolute atomic E-state index is 0.0156. The molecule has 3 N–H and O–H groups in total. The molecule has 0 saturated heterocycles. The molecule has 0 unspecified atom stereocenters. The van der Waals surface area contributed by atoms with Gasteiger partial charge >= 0.3 is 0 Å². The van der Waals surface area contributed by atoms with Crippen molar-refractivity contribution in [1.82, 2.24) is 9.88 Å². The fourth-order valence-electron chi connectivity index (χ4n) is 3.52. The molecule has 0 atom stereocenters. The maximum Gasteiger partial charge on any atom is 0.253 e. The fraction of sp³-hybridized carbons (Fsp3) is 0.421. The van der Waals surface area contributed by atoms with Gasteiger partial charge in [-0.2, -0.15) is 0 Å². The highest BCUT2D eigenvalue weighted by Crippen LogP contribution is 2.27. The van der Waals surface area contributed by atoms with Gasteiger partial charge in [0.15, 0.2) is 0 Å². The molecule has 5 heteroatoms. The first-order valence-electron chi connectivity index (χ1n) is 8.47. The van der Waals surface area contributed by atoms with E-state index < -0.39 is 0 Å². The molecule has 1 aliphatic rings. The van der Waals surface area contributed by atoms with Gasteiger partial charge in [-0.15, -0.1) is 0 Å². The Bertz CT molecular complexity index is 745. The lowest BCUT2D eigenvalue weighted by Crippen LogP contribution is -2.40. The van der Waals surface area contributed by atoms with Gasteiger partial charge in [0, 0.05) is 27.9 Å². The van der Waals surface area contributed by atoms with E-state index in [2.05, 4.69) is 25.8 Å². The highest BCUT2D eigenvalue weighted by atomic mass is 79.9. The Morgan fingerprint density at radius 3 is 2.54 bits per heavy atom. The average Bonchev–Trinajstić information content (AvgIpc) is 2.85. The monoisotopic (exact) mass is 389 g/mol. The van der Waals surface area contributed by atoms with Crippen molar-refractivity contribution < 1.29 is 4.79 Å². The van der Waals surface area contributed by atoms with Crippen molar-refractivity contribution in [1.29, 1.82) is 0 Å². The lowest BCUT2D eigenvalue weighted by atomic mass is 9.91. The zero-order chi connectivity index (χ0) is 17.3. The molecule has 3 rings (SSSR count). The summed E-state index contributed by atoms with van der Waals surface area (Å²) < 4.78 is 3.13. The number of para-hydroxylation sites is 1. The minimum Gasteiger partial charge on any atom is -0.349 e. The lowest BCUT2D eigenvalue weighted by molar-refractivity contribution is 0.0925. The minimum atomic E-state index is 0.0156. The van der Waals surface area contributed by atoms with Crippen LogP contribution in [0.4, 0.5) is 0 Å². The van der Waals surface area contributed by atoms with Gasteiger partial charge in [0.1, 0.15) is 0 Å². The van der Waals surface area contributed by atoms with Crippen LogP contribution < -0.4 is 11.1 Å². The molecule has 2 aromatic rings. The van der Waals surface area contributed by atoms with Crippen LogP contribution >= 0.6 is 15.9 Å². The molecular formula is C19H24BrN3O. The smallest absolute Gasteiger partial charge is 0.253 e. The first kappa shape index (κ1) is 17.2. The number of amides is 1. The van der Waals surface area contributed by atoms with Gasteiger partial charge in [-0.1, -0.05) is 12.1 Å². The fourth-order valence-corrected chi connectivity index (χ4v) is 3.99. The molecule has 24 heavy (non-hydrogen) atoms. The number of hydrogen-bond acceptors (Lipinski definition) is 2. The summed E-state index contributed by atoms with van der Waals surface area (Å²) in [6, 6.07) is 10.6. The van der Waals surface area contributed by atoms with Gasteiger partial charge in [0.2, 0.25) is 0 Å². The molecule has 1 heterocycles. The molecule has 1 fully saturated rings. The second-order valence-electron chi connectivity index (χ2n) is 6.66. The molecule has 0 bridgehead atoms. The van der Waals surface area contributed by atoms with Crippen molar-refractivity contribution in [2.24, 2.45) is 5.73 Å². The number of benzene rings is 1. The maximum absolute atomic E-state index is 12.7. The topological polar surface area (TPSA) is 60.1 Å².